The molecule has 0 radical (unpaired) electrons. The zero-order valence-corrected chi connectivity index (χ0v) is 14.2. The summed E-state index contributed by atoms with van der Waals surface area (Å²) < 4.78 is 37.7. The predicted octanol–water partition coefficient (Wildman–Crippen LogP) is 2.50. The van der Waals surface area contributed by atoms with Crippen LogP contribution in [0, 0.1) is 0 Å². The van der Waals surface area contributed by atoms with Gasteiger partial charge >= 0.3 is 6.18 Å². The van der Waals surface area contributed by atoms with Gasteiger partial charge in [-0.15, -0.1) is 0 Å². The molecule has 1 aliphatic heterocycles. The molecule has 2 atom stereocenters. The molecule has 3 N–H and O–H groups in total. The second-order valence-electron chi connectivity index (χ2n) is 6.25. The maximum absolute atomic E-state index is 12.6. The normalized spacial score (nSPS) is 20.0. The molecule has 2 aromatic rings. The quantitative estimate of drug-likeness (QED) is 0.767. The maximum Gasteiger partial charge on any atom is 0.416 e. The predicted molar refractivity (Wildman–Crippen MR) is 92.2 cm³/mol. The van der Waals surface area contributed by atoms with Crippen molar-refractivity contribution in [1.29, 1.82) is 0 Å². The van der Waals surface area contributed by atoms with Crippen LogP contribution in [0.15, 0.2) is 54.6 Å². The van der Waals surface area contributed by atoms with Crippen molar-refractivity contribution >= 4 is 11.8 Å². The van der Waals surface area contributed by atoms with Gasteiger partial charge in [-0.2, -0.15) is 13.2 Å². The molecule has 27 heavy (non-hydrogen) atoms. The number of hydrogen-bond acceptors (Lipinski definition) is 3. The molecule has 1 saturated heterocycles. The average molecular weight is 377 g/mol. The van der Waals surface area contributed by atoms with E-state index in [1.54, 1.807) is 0 Å². The number of alkyl halides is 3. The first kappa shape index (κ1) is 18.9. The van der Waals surface area contributed by atoms with Crippen LogP contribution < -0.4 is 16.0 Å². The van der Waals surface area contributed by atoms with Gasteiger partial charge in [-0.25, -0.2) is 0 Å². The van der Waals surface area contributed by atoms with Crippen molar-refractivity contribution in [3.8, 4) is 0 Å². The number of hydrogen-bond donors (Lipinski definition) is 3. The third-order valence-corrected chi connectivity index (χ3v) is 4.26. The average Bonchev–Trinajstić information content (AvgIpc) is 2.66. The summed E-state index contributed by atoms with van der Waals surface area (Å²) >= 11 is 0. The van der Waals surface area contributed by atoms with Crippen LogP contribution in [-0.2, 0) is 22.3 Å². The molecule has 1 aliphatic rings. The van der Waals surface area contributed by atoms with Gasteiger partial charge in [-0.1, -0.05) is 42.5 Å². The highest BCUT2D eigenvalue weighted by atomic mass is 19.4. The van der Waals surface area contributed by atoms with E-state index in [1.807, 2.05) is 30.3 Å². The van der Waals surface area contributed by atoms with Crippen molar-refractivity contribution in [2.45, 2.75) is 31.3 Å². The Morgan fingerprint density at radius 1 is 1.07 bits per heavy atom. The Bertz CT molecular complexity index is 807. The van der Waals surface area contributed by atoms with Gasteiger partial charge in [0.1, 0.15) is 6.17 Å². The number of carbonyl (C=O) groups is 2. The molecule has 1 fully saturated rings. The van der Waals surface area contributed by atoms with Crippen LogP contribution in [0.2, 0.25) is 0 Å². The van der Waals surface area contributed by atoms with E-state index < -0.39 is 23.9 Å². The maximum atomic E-state index is 12.6. The van der Waals surface area contributed by atoms with Crippen molar-refractivity contribution in [2.24, 2.45) is 0 Å². The molecule has 142 valence electrons. The molecule has 8 heteroatoms. The van der Waals surface area contributed by atoms with Gasteiger partial charge in [-0.3, -0.25) is 14.9 Å². The summed E-state index contributed by atoms with van der Waals surface area (Å²) in [4.78, 5) is 24.3. The van der Waals surface area contributed by atoms with Crippen LogP contribution in [0.1, 0.15) is 29.3 Å². The fraction of sp³-hybridized carbons (Fsp3) is 0.263. The molecule has 2 unspecified atom stereocenters. The summed E-state index contributed by atoms with van der Waals surface area (Å²) in [6, 6.07) is 13.0. The first-order valence-corrected chi connectivity index (χ1v) is 8.37. The Morgan fingerprint density at radius 2 is 1.74 bits per heavy atom. The first-order valence-electron chi connectivity index (χ1n) is 8.37. The van der Waals surface area contributed by atoms with Gasteiger partial charge < -0.3 is 10.6 Å². The monoisotopic (exact) mass is 377 g/mol. The molecule has 0 aliphatic carbocycles. The van der Waals surface area contributed by atoms with Crippen molar-refractivity contribution in [3.05, 3.63) is 71.3 Å². The Labute approximate surface area is 154 Å². The van der Waals surface area contributed by atoms with Gasteiger partial charge in [-0.05, 0) is 23.3 Å². The smallest absolute Gasteiger partial charge is 0.351 e. The SMILES string of the molecule is O=C1CC(C(=O)NCc2ccc(C(F)(F)F)cc2)NC(c2ccccc2)N1. The van der Waals surface area contributed by atoms with Gasteiger partial charge in [0, 0.05) is 6.54 Å². The number of halogens is 3. The van der Waals surface area contributed by atoms with Crippen LogP contribution in [0.4, 0.5) is 13.2 Å². The van der Waals surface area contributed by atoms with E-state index in [0.717, 1.165) is 17.7 Å². The summed E-state index contributed by atoms with van der Waals surface area (Å²) in [6.07, 6.45) is -4.88. The second-order valence-corrected chi connectivity index (χ2v) is 6.25. The van der Waals surface area contributed by atoms with Gasteiger partial charge in [0.15, 0.2) is 0 Å². The highest BCUT2D eigenvalue weighted by Crippen LogP contribution is 2.29. The Morgan fingerprint density at radius 3 is 2.37 bits per heavy atom. The molecule has 5 nitrogen and oxygen atoms in total. The molecule has 0 aromatic heterocycles. The number of benzene rings is 2. The van der Waals surface area contributed by atoms with Crippen LogP contribution in [0.5, 0.6) is 0 Å². The summed E-state index contributed by atoms with van der Waals surface area (Å²) in [5, 5.41) is 8.50. The minimum absolute atomic E-state index is 0.0117. The van der Waals surface area contributed by atoms with E-state index in [2.05, 4.69) is 16.0 Å². The largest absolute Gasteiger partial charge is 0.416 e. The summed E-state index contributed by atoms with van der Waals surface area (Å²) in [5.41, 5.74) is 0.621. The lowest BCUT2D eigenvalue weighted by Crippen LogP contribution is -2.56. The molecule has 1 heterocycles. The third kappa shape index (κ3) is 4.85. The van der Waals surface area contributed by atoms with Crippen molar-refractivity contribution in [3.63, 3.8) is 0 Å². The molecular weight excluding hydrogens is 359 g/mol. The standard InChI is InChI=1S/C19H18F3N3O2/c20-19(21,22)14-8-6-12(7-9-14)11-23-18(27)15-10-16(26)25-17(24-15)13-4-2-1-3-5-13/h1-9,15,17,24H,10-11H2,(H,23,27)(H,25,26). The van der Waals surface area contributed by atoms with Crippen LogP contribution in [0.3, 0.4) is 0 Å². The zero-order chi connectivity index (χ0) is 19.4. The Kier molecular flexibility index (Phi) is 5.46. The van der Waals surface area contributed by atoms with Crippen LogP contribution >= 0.6 is 0 Å². The van der Waals surface area contributed by atoms with E-state index in [-0.39, 0.29) is 24.8 Å². The summed E-state index contributed by atoms with van der Waals surface area (Å²) in [7, 11) is 0. The second kappa shape index (κ2) is 7.79. The number of amides is 2. The van der Waals surface area contributed by atoms with E-state index in [0.29, 0.717) is 5.56 Å². The fourth-order valence-corrected chi connectivity index (χ4v) is 2.82. The van der Waals surface area contributed by atoms with Crippen molar-refractivity contribution in [1.82, 2.24) is 16.0 Å². The molecule has 0 bridgehead atoms. The lowest BCUT2D eigenvalue weighted by atomic mass is 10.1. The first-order chi connectivity index (χ1) is 12.8. The van der Waals surface area contributed by atoms with E-state index in [9.17, 15) is 22.8 Å². The minimum Gasteiger partial charge on any atom is -0.351 e. The third-order valence-electron chi connectivity index (χ3n) is 4.26. The Hall–Kier alpha value is -2.87. The lowest BCUT2D eigenvalue weighted by molar-refractivity contribution is -0.137. The number of carbonyl (C=O) groups excluding carboxylic acids is 2. The van der Waals surface area contributed by atoms with Gasteiger partial charge in [0.05, 0.1) is 18.0 Å². The van der Waals surface area contributed by atoms with Crippen LogP contribution in [0.25, 0.3) is 0 Å². The summed E-state index contributed by atoms with van der Waals surface area (Å²) in [6.45, 7) is 0.0762. The highest BCUT2D eigenvalue weighted by molar-refractivity contribution is 5.89. The number of nitrogens with one attached hydrogen (secondary N) is 3. The van der Waals surface area contributed by atoms with Crippen LogP contribution in [-0.4, -0.2) is 17.9 Å². The highest BCUT2D eigenvalue weighted by Gasteiger charge is 2.31. The molecular formula is C19H18F3N3O2. The topological polar surface area (TPSA) is 70.2 Å². The molecule has 2 aromatic carbocycles. The molecule has 0 saturated carbocycles. The van der Waals surface area contributed by atoms with Crippen molar-refractivity contribution < 1.29 is 22.8 Å². The molecule has 3 rings (SSSR count). The molecule has 2 amide bonds. The van der Waals surface area contributed by atoms with Crippen molar-refractivity contribution in [2.75, 3.05) is 0 Å². The summed E-state index contributed by atoms with van der Waals surface area (Å²) in [5.74, 6) is -0.636. The van der Waals surface area contributed by atoms with Gasteiger partial charge in [0.25, 0.3) is 0 Å². The number of rotatable bonds is 4. The lowest BCUT2D eigenvalue weighted by Gasteiger charge is -2.31. The van der Waals surface area contributed by atoms with Gasteiger partial charge in [0.2, 0.25) is 11.8 Å². The Balaban J connectivity index is 1.59. The van der Waals surface area contributed by atoms with E-state index in [4.69, 9.17) is 0 Å². The fourth-order valence-electron chi connectivity index (χ4n) is 2.82. The minimum atomic E-state index is -4.40. The van der Waals surface area contributed by atoms with E-state index in [1.165, 1.54) is 12.1 Å². The zero-order valence-electron chi connectivity index (χ0n) is 14.2. The molecule has 0 spiro atoms. The van der Waals surface area contributed by atoms with E-state index >= 15 is 0 Å².